The molecule has 0 saturated carbocycles. The molecule has 5 nitrogen and oxygen atoms in total. The Morgan fingerprint density at radius 3 is 2.46 bits per heavy atom. The number of hydrogen-bond acceptors (Lipinski definition) is 3. The summed E-state index contributed by atoms with van der Waals surface area (Å²) >= 11 is 0. The van der Waals surface area contributed by atoms with Gasteiger partial charge in [0.2, 0.25) is 5.91 Å². The summed E-state index contributed by atoms with van der Waals surface area (Å²) in [4.78, 5) is 23.8. The van der Waals surface area contributed by atoms with Gasteiger partial charge in [-0.25, -0.2) is 4.39 Å². The highest BCUT2D eigenvalue weighted by Crippen LogP contribution is 2.20. The van der Waals surface area contributed by atoms with Gasteiger partial charge in [-0.1, -0.05) is 12.1 Å². The normalized spacial score (nSPS) is 11.7. The van der Waals surface area contributed by atoms with Crippen molar-refractivity contribution in [3.63, 3.8) is 0 Å². The monoisotopic (exact) mass is 366 g/mol. The Hall–Kier alpha value is -3.03. The quantitative estimate of drug-likeness (QED) is 0.792. The summed E-state index contributed by atoms with van der Waals surface area (Å²) < 4.78 is 41.6. The van der Waals surface area contributed by atoms with Gasteiger partial charge in [-0.3, -0.25) is 9.59 Å². The molecule has 0 heterocycles. The average Bonchev–Trinajstić information content (AvgIpc) is 2.60. The van der Waals surface area contributed by atoms with Crippen LogP contribution in [0.1, 0.15) is 28.9 Å². The second kappa shape index (κ2) is 8.89. The summed E-state index contributed by atoms with van der Waals surface area (Å²) in [5.74, 6) is -1.46. The predicted molar refractivity (Wildman–Crippen MR) is 88.4 cm³/mol. The summed E-state index contributed by atoms with van der Waals surface area (Å²) in [6, 6.07) is 10.4. The summed E-state index contributed by atoms with van der Waals surface area (Å²) in [5, 5.41) is 5.05. The minimum atomic E-state index is -2.93. The third-order valence-electron chi connectivity index (χ3n) is 3.48. The fourth-order valence-electron chi connectivity index (χ4n) is 2.20. The van der Waals surface area contributed by atoms with Gasteiger partial charge in [0.25, 0.3) is 5.91 Å². The highest BCUT2D eigenvalue weighted by atomic mass is 19.3. The van der Waals surface area contributed by atoms with Crippen LogP contribution in [0, 0.1) is 5.82 Å². The number of benzene rings is 2. The summed E-state index contributed by atoms with van der Waals surface area (Å²) in [5.41, 5.74) is 0.797. The van der Waals surface area contributed by atoms with Gasteiger partial charge in [-0.05, 0) is 48.9 Å². The molecule has 0 bridgehead atoms. The molecule has 0 aliphatic rings. The van der Waals surface area contributed by atoms with Gasteiger partial charge in [0.15, 0.2) is 0 Å². The van der Waals surface area contributed by atoms with Crippen molar-refractivity contribution in [1.29, 1.82) is 0 Å². The Bertz CT molecular complexity index is 767. The average molecular weight is 366 g/mol. The Morgan fingerprint density at radius 1 is 1.12 bits per heavy atom. The molecule has 2 aromatic carbocycles. The van der Waals surface area contributed by atoms with E-state index in [2.05, 4.69) is 15.4 Å². The van der Waals surface area contributed by atoms with Crippen LogP contribution in [0.5, 0.6) is 5.75 Å². The molecule has 0 saturated heterocycles. The van der Waals surface area contributed by atoms with Crippen LogP contribution in [0.4, 0.5) is 13.2 Å². The van der Waals surface area contributed by atoms with E-state index >= 15 is 0 Å². The molecule has 1 atom stereocenters. The highest BCUT2D eigenvalue weighted by Gasteiger charge is 2.13. The first-order chi connectivity index (χ1) is 12.3. The zero-order valence-corrected chi connectivity index (χ0v) is 13.8. The minimum absolute atomic E-state index is 0.0109. The van der Waals surface area contributed by atoms with E-state index in [1.807, 2.05) is 0 Å². The molecule has 2 aromatic rings. The Labute approximate surface area is 148 Å². The van der Waals surface area contributed by atoms with Gasteiger partial charge in [0.1, 0.15) is 11.6 Å². The Morgan fingerprint density at radius 2 is 1.81 bits per heavy atom. The summed E-state index contributed by atoms with van der Waals surface area (Å²) in [7, 11) is 0. The zero-order chi connectivity index (χ0) is 19.1. The van der Waals surface area contributed by atoms with Crippen molar-refractivity contribution in [2.45, 2.75) is 19.6 Å². The molecule has 2 amide bonds. The van der Waals surface area contributed by atoms with E-state index in [0.29, 0.717) is 5.56 Å². The van der Waals surface area contributed by atoms with Crippen molar-refractivity contribution < 1.29 is 27.5 Å². The first-order valence-electron chi connectivity index (χ1n) is 7.73. The van der Waals surface area contributed by atoms with Crippen LogP contribution in [0.3, 0.4) is 0 Å². The van der Waals surface area contributed by atoms with E-state index in [4.69, 9.17) is 0 Å². The van der Waals surface area contributed by atoms with Crippen LogP contribution >= 0.6 is 0 Å². The van der Waals surface area contributed by atoms with Gasteiger partial charge < -0.3 is 15.4 Å². The number of ether oxygens (including phenoxy) is 1. The summed E-state index contributed by atoms with van der Waals surface area (Å²) in [6.45, 7) is -1.55. The molecule has 0 radical (unpaired) electrons. The first-order valence-corrected chi connectivity index (χ1v) is 7.73. The van der Waals surface area contributed by atoms with Crippen LogP contribution in [0.15, 0.2) is 48.5 Å². The van der Waals surface area contributed by atoms with Crippen molar-refractivity contribution in [2.75, 3.05) is 6.54 Å². The standard InChI is InChI=1S/C18H17F3N2O3/c1-11(13-3-2-4-15(9-13)26-18(20)21)23-16(24)10-22-17(25)12-5-7-14(19)8-6-12/h2-9,11,18H,10H2,1H3,(H,22,25)(H,23,24). The molecule has 138 valence electrons. The summed E-state index contributed by atoms with van der Waals surface area (Å²) in [6.07, 6.45) is 0. The molecule has 0 spiro atoms. The fourth-order valence-corrected chi connectivity index (χ4v) is 2.20. The molecule has 0 aliphatic heterocycles. The van der Waals surface area contributed by atoms with Crippen molar-refractivity contribution in [3.8, 4) is 5.75 Å². The molecular weight excluding hydrogens is 349 g/mol. The molecule has 0 aliphatic carbocycles. The fraction of sp³-hybridized carbons (Fsp3) is 0.222. The lowest BCUT2D eigenvalue weighted by molar-refractivity contribution is -0.120. The number of rotatable bonds is 7. The van der Waals surface area contributed by atoms with Crippen LogP contribution in [0.25, 0.3) is 0 Å². The van der Waals surface area contributed by atoms with Crippen molar-refractivity contribution in [1.82, 2.24) is 10.6 Å². The predicted octanol–water partition coefficient (Wildman–Crippen LogP) is 3.03. The number of amides is 2. The number of carbonyl (C=O) groups is 2. The zero-order valence-electron chi connectivity index (χ0n) is 13.8. The van der Waals surface area contributed by atoms with Crippen LogP contribution in [-0.4, -0.2) is 25.0 Å². The third kappa shape index (κ3) is 5.80. The van der Waals surface area contributed by atoms with Gasteiger partial charge in [0, 0.05) is 5.56 Å². The SMILES string of the molecule is CC(NC(=O)CNC(=O)c1ccc(F)cc1)c1cccc(OC(F)F)c1. The highest BCUT2D eigenvalue weighted by molar-refractivity contribution is 5.96. The van der Waals surface area contributed by atoms with Gasteiger partial charge >= 0.3 is 6.61 Å². The van der Waals surface area contributed by atoms with E-state index in [9.17, 15) is 22.8 Å². The topological polar surface area (TPSA) is 67.4 Å². The van der Waals surface area contributed by atoms with E-state index in [0.717, 1.165) is 12.1 Å². The van der Waals surface area contributed by atoms with Crippen LogP contribution < -0.4 is 15.4 Å². The molecule has 1 unspecified atom stereocenters. The molecule has 26 heavy (non-hydrogen) atoms. The largest absolute Gasteiger partial charge is 0.435 e. The molecule has 0 aromatic heterocycles. The lowest BCUT2D eigenvalue weighted by Gasteiger charge is -2.16. The van der Waals surface area contributed by atoms with E-state index < -0.39 is 30.3 Å². The number of nitrogens with one attached hydrogen (secondary N) is 2. The molecule has 2 rings (SSSR count). The smallest absolute Gasteiger partial charge is 0.387 e. The Kier molecular flexibility index (Phi) is 6.60. The lowest BCUT2D eigenvalue weighted by Crippen LogP contribution is -2.38. The number of alkyl halides is 2. The Balaban J connectivity index is 1.87. The maximum Gasteiger partial charge on any atom is 0.387 e. The third-order valence-corrected chi connectivity index (χ3v) is 3.48. The molecule has 0 fully saturated rings. The van der Waals surface area contributed by atoms with Crippen molar-refractivity contribution in [2.24, 2.45) is 0 Å². The van der Waals surface area contributed by atoms with E-state index in [-0.39, 0.29) is 17.9 Å². The minimum Gasteiger partial charge on any atom is -0.435 e. The number of hydrogen-bond donors (Lipinski definition) is 2. The number of halogens is 3. The van der Waals surface area contributed by atoms with Gasteiger partial charge in [-0.2, -0.15) is 8.78 Å². The van der Waals surface area contributed by atoms with Crippen molar-refractivity contribution in [3.05, 3.63) is 65.5 Å². The number of carbonyl (C=O) groups excluding carboxylic acids is 2. The van der Waals surface area contributed by atoms with Gasteiger partial charge in [0.05, 0.1) is 12.6 Å². The molecular formula is C18H17F3N2O3. The maximum absolute atomic E-state index is 12.8. The van der Waals surface area contributed by atoms with E-state index in [1.165, 1.54) is 30.3 Å². The van der Waals surface area contributed by atoms with Crippen molar-refractivity contribution >= 4 is 11.8 Å². The maximum atomic E-state index is 12.8. The second-order valence-electron chi connectivity index (χ2n) is 5.43. The lowest BCUT2D eigenvalue weighted by atomic mass is 10.1. The second-order valence-corrected chi connectivity index (χ2v) is 5.43. The van der Waals surface area contributed by atoms with Gasteiger partial charge in [-0.15, -0.1) is 0 Å². The molecule has 8 heteroatoms. The van der Waals surface area contributed by atoms with Crippen LogP contribution in [-0.2, 0) is 4.79 Å². The molecule has 2 N–H and O–H groups in total. The van der Waals surface area contributed by atoms with Crippen LogP contribution in [0.2, 0.25) is 0 Å². The first kappa shape index (κ1) is 19.3. The van der Waals surface area contributed by atoms with E-state index in [1.54, 1.807) is 13.0 Å².